The molecule has 0 rings (SSSR count). The Balaban J connectivity index is 3.76. The molecule has 7 heteroatoms. The minimum atomic E-state index is -0.132. The van der Waals surface area contributed by atoms with E-state index in [9.17, 15) is 0 Å². The van der Waals surface area contributed by atoms with Gasteiger partial charge in [-0.15, -0.1) is 0 Å². The van der Waals surface area contributed by atoms with E-state index < -0.39 is 0 Å². The normalized spacial score (nSPS) is 11.5. The van der Waals surface area contributed by atoms with Gasteiger partial charge in [-0.1, -0.05) is 7.92 Å². The SMILES string of the molecule is CCOCCOCCP(CCOCCOCC)CCOCCOCC. The van der Waals surface area contributed by atoms with Gasteiger partial charge in [-0.2, -0.15) is 0 Å². The van der Waals surface area contributed by atoms with E-state index in [0.717, 1.165) is 58.1 Å². The van der Waals surface area contributed by atoms with Crippen molar-refractivity contribution in [3.8, 4) is 0 Å². The summed E-state index contributed by atoms with van der Waals surface area (Å²) >= 11 is 0. The zero-order chi connectivity index (χ0) is 18.4. The van der Waals surface area contributed by atoms with E-state index in [1.807, 2.05) is 20.8 Å². The Morgan fingerprint density at radius 3 is 0.960 bits per heavy atom. The predicted molar refractivity (Wildman–Crippen MR) is 103 cm³/mol. The molecule has 0 heterocycles. The Kier molecular flexibility index (Phi) is 22.4. The summed E-state index contributed by atoms with van der Waals surface area (Å²) in [7, 11) is -0.132. The molecule has 0 aromatic heterocycles. The number of hydrogen-bond donors (Lipinski definition) is 0. The molecule has 0 aromatic carbocycles. The van der Waals surface area contributed by atoms with Crippen LogP contribution in [-0.2, 0) is 28.4 Å². The van der Waals surface area contributed by atoms with Crippen molar-refractivity contribution in [1.82, 2.24) is 0 Å². The van der Waals surface area contributed by atoms with Crippen LogP contribution >= 0.6 is 7.92 Å². The Labute approximate surface area is 155 Å². The van der Waals surface area contributed by atoms with Crippen LogP contribution in [0, 0.1) is 0 Å². The Hall–Kier alpha value is 0.190. The summed E-state index contributed by atoms with van der Waals surface area (Å²) in [5, 5.41) is 0. The molecule has 0 aliphatic carbocycles. The Bertz CT molecular complexity index is 208. The fraction of sp³-hybridized carbons (Fsp3) is 1.00. The van der Waals surface area contributed by atoms with Crippen molar-refractivity contribution in [2.45, 2.75) is 20.8 Å². The van der Waals surface area contributed by atoms with Gasteiger partial charge in [-0.05, 0) is 39.3 Å². The van der Waals surface area contributed by atoms with Crippen LogP contribution in [0.3, 0.4) is 0 Å². The molecule has 0 saturated heterocycles. The molecular weight excluding hydrogens is 343 g/mol. The first-order chi connectivity index (χ1) is 12.3. The molecule has 6 nitrogen and oxygen atoms in total. The second kappa shape index (κ2) is 22.2. The standard InChI is InChI=1S/C18H39O6P/c1-4-19-7-10-22-13-16-25(17-14-23-11-8-20-5-2)18-15-24-12-9-21-6-3/h4-18H2,1-3H3. The fourth-order valence-electron chi connectivity index (χ4n) is 2.01. The number of ether oxygens (including phenoxy) is 6. The molecular formula is C18H39O6P. The molecule has 0 radical (unpaired) electrons. The van der Waals surface area contributed by atoms with Crippen molar-refractivity contribution in [3.05, 3.63) is 0 Å². The van der Waals surface area contributed by atoms with Gasteiger partial charge in [0.2, 0.25) is 0 Å². The van der Waals surface area contributed by atoms with Gasteiger partial charge in [0.25, 0.3) is 0 Å². The summed E-state index contributed by atoms with van der Waals surface area (Å²) < 4.78 is 32.8. The van der Waals surface area contributed by atoms with Crippen molar-refractivity contribution < 1.29 is 28.4 Å². The van der Waals surface area contributed by atoms with Crippen LogP contribution in [0.15, 0.2) is 0 Å². The number of hydrogen-bond acceptors (Lipinski definition) is 6. The van der Waals surface area contributed by atoms with Crippen LogP contribution in [0.4, 0.5) is 0 Å². The van der Waals surface area contributed by atoms with Crippen LogP contribution in [-0.4, -0.2) is 97.8 Å². The average Bonchev–Trinajstić information content (AvgIpc) is 2.63. The maximum absolute atomic E-state index is 5.65. The summed E-state index contributed by atoms with van der Waals surface area (Å²) in [6.07, 6.45) is 3.27. The third-order valence-electron chi connectivity index (χ3n) is 3.38. The maximum Gasteiger partial charge on any atom is 0.0700 e. The largest absolute Gasteiger partial charge is 0.379 e. The highest BCUT2D eigenvalue weighted by atomic mass is 31.1. The lowest BCUT2D eigenvalue weighted by atomic mass is 10.7. The molecule has 0 amide bonds. The first-order valence-electron chi connectivity index (χ1n) is 9.53. The third kappa shape index (κ3) is 20.4. The zero-order valence-electron chi connectivity index (χ0n) is 16.5. The van der Waals surface area contributed by atoms with Crippen LogP contribution in [0.25, 0.3) is 0 Å². The third-order valence-corrected chi connectivity index (χ3v) is 5.83. The van der Waals surface area contributed by atoms with Gasteiger partial charge < -0.3 is 28.4 Å². The molecule has 0 unspecified atom stereocenters. The monoisotopic (exact) mass is 382 g/mol. The second-order valence-electron chi connectivity index (χ2n) is 5.27. The lowest BCUT2D eigenvalue weighted by molar-refractivity contribution is 0.0563. The summed E-state index contributed by atoms with van der Waals surface area (Å²) in [5.74, 6) is 0. The summed E-state index contributed by atoms with van der Waals surface area (Å²) in [5.41, 5.74) is 0. The average molecular weight is 382 g/mol. The molecule has 0 atom stereocenters. The molecule has 0 fully saturated rings. The lowest BCUT2D eigenvalue weighted by Crippen LogP contribution is -2.13. The van der Waals surface area contributed by atoms with Gasteiger partial charge in [0, 0.05) is 19.8 Å². The highest BCUT2D eigenvalue weighted by Gasteiger charge is 2.08. The molecule has 25 heavy (non-hydrogen) atoms. The van der Waals surface area contributed by atoms with E-state index in [2.05, 4.69) is 0 Å². The molecule has 0 spiro atoms. The quantitative estimate of drug-likeness (QED) is 0.225. The lowest BCUT2D eigenvalue weighted by Gasteiger charge is -2.18. The summed E-state index contributed by atoms with van der Waals surface area (Å²) in [4.78, 5) is 0. The van der Waals surface area contributed by atoms with Gasteiger partial charge in [-0.3, -0.25) is 0 Å². The van der Waals surface area contributed by atoms with Gasteiger partial charge in [-0.25, -0.2) is 0 Å². The molecule has 0 aliphatic heterocycles. The van der Waals surface area contributed by atoms with Gasteiger partial charge in [0.1, 0.15) is 0 Å². The van der Waals surface area contributed by atoms with Crippen molar-refractivity contribution >= 4 is 7.92 Å². The number of rotatable bonds is 21. The second-order valence-corrected chi connectivity index (χ2v) is 7.95. The van der Waals surface area contributed by atoms with E-state index in [1.54, 1.807) is 0 Å². The molecule has 0 aliphatic rings. The Morgan fingerprint density at radius 2 is 0.680 bits per heavy atom. The maximum atomic E-state index is 5.65. The Morgan fingerprint density at radius 1 is 0.400 bits per heavy atom. The topological polar surface area (TPSA) is 55.4 Å². The minimum absolute atomic E-state index is 0.132. The minimum Gasteiger partial charge on any atom is -0.379 e. The van der Waals surface area contributed by atoms with Gasteiger partial charge in [0.15, 0.2) is 0 Å². The molecule has 152 valence electrons. The van der Waals surface area contributed by atoms with Crippen LogP contribution in [0.2, 0.25) is 0 Å². The predicted octanol–water partition coefficient (Wildman–Crippen LogP) is 2.63. The van der Waals surface area contributed by atoms with Gasteiger partial charge >= 0.3 is 0 Å². The fourth-order valence-corrected chi connectivity index (χ4v) is 3.84. The first kappa shape index (κ1) is 25.2. The van der Waals surface area contributed by atoms with E-state index >= 15 is 0 Å². The molecule has 0 bridgehead atoms. The summed E-state index contributed by atoms with van der Waals surface area (Å²) in [6.45, 7) is 14.6. The smallest absolute Gasteiger partial charge is 0.0700 e. The summed E-state index contributed by atoms with van der Waals surface area (Å²) in [6, 6.07) is 0. The van der Waals surface area contributed by atoms with Crippen molar-refractivity contribution in [2.75, 3.05) is 97.8 Å². The van der Waals surface area contributed by atoms with Crippen LogP contribution < -0.4 is 0 Å². The van der Waals surface area contributed by atoms with E-state index in [1.165, 1.54) is 0 Å². The molecule has 0 aromatic rings. The van der Waals surface area contributed by atoms with Crippen molar-refractivity contribution in [3.63, 3.8) is 0 Å². The van der Waals surface area contributed by atoms with E-state index in [-0.39, 0.29) is 7.92 Å². The molecule has 0 saturated carbocycles. The first-order valence-corrected chi connectivity index (χ1v) is 11.4. The van der Waals surface area contributed by atoms with Gasteiger partial charge in [0.05, 0.1) is 59.5 Å². The zero-order valence-corrected chi connectivity index (χ0v) is 17.4. The van der Waals surface area contributed by atoms with Crippen LogP contribution in [0.1, 0.15) is 20.8 Å². The van der Waals surface area contributed by atoms with Crippen LogP contribution in [0.5, 0.6) is 0 Å². The molecule has 0 N–H and O–H groups in total. The van der Waals surface area contributed by atoms with E-state index in [0.29, 0.717) is 39.6 Å². The van der Waals surface area contributed by atoms with E-state index in [4.69, 9.17) is 28.4 Å². The van der Waals surface area contributed by atoms with Crippen molar-refractivity contribution in [1.29, 1.82) is 0 Å². The van der Waals surface area contributed by atoms with Crippen molar-refractivity contribution in [2.24, 2.45) is 0 Å². The highest BCUT2D eigenvalue weighted by Crippen LogP contribution is 2.34. The highest BCUT2D eigenvalue weighted by molar-refractivity contribution is 7.57.